The minimum Gasteiger partial charge on any atom is -0.309 e. The highest BCUT2D eigenvalue weighted by Gasteiger charge is 2.27. The molecule has 0 N–H and O–H groups in total. The molecule has 0 aliphatic rings. The molecule has 5 heteroatoms. The second-order valence-corrected chi connectivity index (χ2v) is 27.3. The van der Waals surface area contributed by atoms with Crippen molar-refractivity contribution in [1.29, 1.82) is 0 Å². The van der Waals surface area contributed by atoms with Gasteiger partial charge in [0.1, 0.15) is 0 Å². The smallest absolute Gasteiger partial charge is 0.166 e. The fourth-order valence-corrected chi connectivity index (χ4v) is 10.5. The minimum atomic E-state index is -0.0332. The maximum atomic E-state index is 5.55. The lowest BCUT2D eigenvalue weighted by atomic mass is 9.85. The average Bonchev–Trinajstić information content (AvgIpc) is 3.86. The van der Waals surface area contributed by atoms with E-state index in [1.54, 1.807) is 0 Å². The molecule has 0 aliphatic carbocycles. The van der Waals surface area contributed by atoms with Gasteiger partial charge in [-0.1, -0.05) is 227 Å². The summed E-state index contributed by atoms with van der Waals surface area (Å²) < 4.78 is 4.91. The molecule has 10 aromatic rings. The molecule has 0 saturated carbocycles. The Balaban J connectivity index is 0.00000246. The van der Waals surface area contributed by atoms with Crippen molar-refractivity contribution in [2.45, 2.75) is 187 Å². The van der Waals surface area contributed by atoms with Crippen LogP contribution in [0.1, 0.15) is 188 Å². The molecule has 0 fully saturated rings. The van der Waals surface area contributed by atoms with Gasteiger partial charge in [0.2, 0.25) is 0 Å². The zero-order valence-corrected chi connectivity index (χ0v) is 47.5. The number of aromatic nitrogens is 5. The summed E-state index contributed by atoms with van der Waals surface area (Å²) in [5.41, 5.74) is 17.1. The van der Waals surface area contributed by atoms with Crippen molar-refractivity contribution in [3.8, 4) is 45.5 Å². The number of nitrogens with zero attached hydrogens (tertiary/aromatic N) is 5. The molecule has 10 rings (SSSR count). The maximum Gasteiger partial charge on any atom is 0.166 e. The molecule has 5 nitrogen and oxygen atoms in total. The van der Waals surface area contributed by atoms with Crippen LogP contribution in [0.15, 0.2) is 140 Å². The molecular formula is C73H93N5. The molecule has 0 atom stereocenters. The van der Waals surface area contributed by atoms with E-state index in [9.17, 15) is 0 Å². The van der Waals surface area contributed by atoms with Gasteiger partial charge in [0.05, 0.1) is 27.8 Å². The third-order valence-corrected chi connectivity index (χ3v) is 15.4. The van der Waals surface area contributed by atoms with Crippen LogP contribution in [0.2, 0.25) is 0 Å². The third kappa shape index (κ3) is 11.1. The van der Waals surface area contributed by atoms with Crippen LogP contribution in [0.3, 0.4) is 0 Å². The normalized spacial score (nSPS) is 12.6. The summed E-state index contributed by atoms with van der Waals surface area (Å²) in [6.07, 6.45) is 0. The van der Waals surface area contributed by atoms with Crippen LogP contribution >= 0.6 is 0 Å². The molecule has 0 bridgehead atoms. The van der Waals surface area contributed by atoms with Gasteiger partial charge in [0.15, 0.2) is 17.5 Å². The maximum absolute atomic E-state index is 5.55. The largest absolute Gasteiger partial charge is 0.309 e. The molecule has 7 aromatic carbocycles. The molecular weight excluding hydrogens is 947 g/mol. The van der Waals surface area contributed by atoms with Crippen LogP contribution in [-0.4, -0.2) is 24.1 Å². The highest BCUT2D eigenvalue weighted by atomic mass is 15.1. The fraction of sp³-hybridized carbons (Fsp3) is 0.384. The first kappa shape index (κ1) is 60.4. The lowest BCUT2D eigenvalue weighted by Crippen LogP contribution is -2.11. The predicted molar refractivity (Wildman–Crippen MR) is 344 cm³/mol. The molecule has 0 spiro atoms. The van der Waals surface area contributed by atoms with Gasteiger partial charge in [-0.25, -0.2) is 15.0 Å². The van der Waals surface area contributed by atoms with Crippen molar-refractivity contribution < 1.29 is 0 Å². The molecule has 0 aliphatic heterocycles. The molecule has 0 saturated heterocycles. The number of benzene rings is 7. The van der Waals surface area contributed by atoms with Crippen LogP contribution in [0, 0.1) is 0 Å². The van der Waals surface area contributed by atoms with E-state index in [2.05, 4.69) is 273 Å². The Morgan fingerprint density at radius 3 is 0.833 bits per heavy atom. The Labute approximate surface area is 470 Å². The summed E-state index contributed by atoms with van der Waals surface area (Å²) in [6.45, 7) is 41.1. The third-order valence-electron chi connectivity index (χ3n) is 15.4. The highest BCUT2D eigenvalue weighted by molar-refractivity contribution is 6.11. The van der Waals surface area contributed by atoms with E-state index in [1.165, 1.54) is 54.9 Å². The predicted octanol–water partition coefficient (Wildman–Crippen LogP) is 21.4. The van der Waals surface area contributed by atoms with Gasteiger partial charge in [-0.05, 0) is 133 Å². The molecule has 0 radical (unpaired) electrons. The Bertz CT molecular complexity index is 3580. The van der Waals surface area contributed by atoms with Gasteiger partial charge in [0, 0.05) is 43.9 Å². The molecule has 3 heterocycles. The second-order valence-electron chi connectivity index (χ2n) is 27.3. The van der Waals surface area contributed by atoms with Crippen LogP contribution in [0.4, 0.5) is 0 Å². The summed E-state index contributed by atoms with van der Waals surface area (Å²) in [7, 11) is 0. The summed E-state index contributed by atoms with van der Waals surface area (Å²) in [4.78, 5) is 16.4. The topological polar surface area (TPSA) is 48.5 Å². The molecule has 78 heavy (non-hydrogen) atoms. The monoisotopic (exact) mass is 1040 g/mol. The molecule has 410 valence electrons. The second kappa shape index (κ2) is 20.7. The van der Waals surface area contributed by atoms with Gasteiger partial charge < -0.3 is 9.13 Å². The first-order valence-corrected chi connectivity index (χ1v) is 26.8. The van der Waals surface area contributed by atoms with Crippen LogP contribution < -0.4 is 0 Å². The van der Waals surface area contributed by atoms with Gasteiger partial charge in [0.25, 0.3) is 0 Å². The number of fused-ring (bicyclic) bond motifs is 6. The van der Waals surface area contributed by atoms with Crippen LogP contribution in [0.5, 0.6) is 0 Å². The zero-order valence-electron chi connectivity index (χ0n) is 47.5. The van der Waals surface area contributed by atoms with E-state index in [-0.39, 0.29) is 62.2 Å². The Kier molecular flexibility index (Phi) is 16.1. The zero-order chi connectivity index (χ0) is 53.2. The number of hydrogen-bond donors (Lipinski definition) is 0. The van der Waals surface area contributed by atoms with E-state index in [0.717, 1.165) is 50.1 Å². The number of hydrogen-bond acceptors (Lipinski definition) is 3. The van der Waals surface area contributed by atoms with Crippen molar-refractivity contribution in [2.24, 2.45) is 0 Å². The molecule has 0 amide bonds. The first-order chi connectivity index (χ1) is 34.4. The van der Waals surface area contributed by atoms with Gasteiger partial charge in [-0.2, -0.15) is 0 Å². The van der Waals surface area contributed by atoms with E-state index in [4.69, 9.17) is 15.0 Å². The standard InChI is InChI=1S/C69H77N5.4CH4/c1-64(2,3)44-23-19-42(20-24-44)61-70-62(43-21-25-45(26-22-43)65(4,5)6)72-63(71-61)55-41-50(73-56-32-27-46(66(7,8)9)37-51(56)52-38-47(67(10,11)12)28-33-57(52)73)31-36-60(55)74-58-34-29-48(68(13,14)15)39-53(58)54-40-49(69(16,17)18)30-35-59(54)74;;;;/h19-41H,1-18H3;4*1H4. The van der Waals surface area contributed by atoms with Crippen LogP contribution in [-0.2, 0) is 32.5 Å². The van der Waals surface area contributed by atoms with Gasteiger partial charge in [-0.15, -0.1) is 0 Å². The van der Waals surface area contributed by atoms with Crippen molar-refractivity contribution in [2.75, 3.05) is 0 Å². The lowest BCUT2D eigenvalue weighted by Gasteiger charge is -2.21. The van der Waals surface area contributed by atoms with Crippen LogP contribution in [0.25, 0.3) is 89.2 Å². The van der Waals surface area contributed by atoms with Gasteiger partial charge in [-0.3, -0.25) is 0 Å². The lowest BCUT2D eigenvalue weighted by molar-refractivity contribution is 0.590. The quantitative estimate of drug-likeness (QED) is 0.173. The molecule has 3 aromatic heterocycles. The van der Waals surface area contributed by atoms with E-state index in [1.807, 2.05) is 0 Å². The SMILES string of the molecule is C.C.C.C.CC(C)(C)c1ccc(-c2nc(-c3ccc(C(C)(C)C)cc3)nc(-c3cc(-n4c5ccc(C(C)(C)C)cc5c5cc(C(C)(C)C)ccc54)ccc3-n3c4ccc(C(C)(C)C)cc4c4cc(C(C)(C)C)ccc43)n2)cc1. The van der Waals surface area contributed by atoms with Crippen molar-refractivity contribution in [1.82, 2.24) is 24.1 Å². The summed E-state index contributed by atoms with van der Waals surface area (Å²) in [6, 6.07) is 52.8. The first-order valence-electron chi connectivity index (χ1n) is 26.8. The van der Waals surface area contributed by atoms with Gasteiger partial charge >= 0.3 is 0 Å². The van der Waals surface area contributed by atoms with Crippen molar-refractivity contribution >= 4 is 43.6 Å². The fourth-order valence-electron chi connectivity index (χ4n) is 10.5. The highest BCUT2D eigenvalue weighted by Crippen LogP contribution is 2.43. The van der Waals surface area contributed by atoms with E-state index >= 15 is 0 Å². The van der Waals surface area contributed by atoms with E-state index < -0.39 is 0 Å². The minimum absolute atomic E-state index is 0. The summed E-state index contributed by atoms with van der Waals surface area (Å²) in [5.74, 6) is 1.88. The van der Waals surface area contributed by atoms with Crippen molar-refractivity contribution in [3.63, 3.8) is 0 Å². The average molecular weight is 1040 g/mol. The summed E-state index contributed by atoms with van der Waals surface area (Å²) in [5, 5.41) is 4.96. The van der Waals surface area contributed by atoms with Crippen molar-refractivity contribution in [3.05, 3.63) is 173 Å². The van der Waals surface area contributed by atoms with E-state index in [0.29, 0.717) is 17.5 Å². The number of rotatable bonds is 5. The summed E-state index contributed by atoms with van der Waals surface area (Å²) >= 11 is 0. The Morgan fingerprint density at radius 2 is 0.538 bits per heavy atom. The molecule has 0 unspecified atom stereocenters. The Hall–Kier alpha value is -6.85. The Morgan fingerprint density at radius 1 is 0.269 bits per heavy atom.